The Morgan fingerprint density at radius 1 is 1.65 bits per heavy atom. The number of fused-ring (bicyclic) bond motifs is 1. The summed E-state index contributed by atoms with van der Waals surface area (Å²) in [6.45, 7) is -0.209. The van der Waals surface area contributed by atoms with E-state index < -0.39 is 12.2 Å². The van der Waals surface area contributed by atoms with Gasteiger partial charge < -0.3 is 26.0 Å². The smallest absolute Gasteiger partial charge is 0.195 e. The summed E-state index contributed by atoms with van der Waals surface area (Å²) >= 11 is 1.54. The minimum Gasteiger partial charge on any atom is -0.394 e. The van der Waals surface area contributed by atoms with Crippen LogP contribution >= 0.6 is 11.8 Å². The fourth-order valence-electron chi connectivity index (χ4n) is 2.46. The minimum absolute atomic E-state index is 0.146. The number of guanidine groups is 1. The summed E-state index contributed by atoms with van der Waals surface area (Å²) in [7, 11) is 0. The first-order valence-corrected chi connectivity index (χ1v) is 7.57. The SMILES string of the molecule is CSC1N=C(N)Nc2c1ncn2[C@H]1C[C@H](O)[C@@H](CO)O1. The van der Waals surface area contributed by atoms with Crippen LogP contribution in [0.4, 0.5) is 5.82 Å². The van der Waals surface area contributed by atoms with Crippen LogP contribution < -0.4 is 11.1 Å². The first-order chi connectivity index (χ1) is 9.63. The quantitative estimate of drug-likeness (QED) is 0.601. The number of thioether (sulfide) groups is 1. The normalized spacial score (nSPS) is 32.6. The molecule has 1 saturated heterocycles. The number of aromatic nitrogens is 2. The maximum absolute atomic E-state index is 9.82. The number of anilines is 1. The molecule has 2 aliphatic rings. The Morgan fingerprint density at radius 3 is 3.10 bits per heavy atom. The molecule has 20 heavy (non-hydrogen) atoms. The van der Waals surface area contributed by atoms with Crippen LogP contribution in [0.2, 0.25) is 0 Å². The molecular weight excluding hydrogens is 282 g/mol. The second-order valence-corrected chi connectivity index (χ2v) is 5.65. The van der Waals surface area contributed by atoms with Gasteiger partial charge in [0.25, 0.3) is 0 Å². The summed E-state index contributed by atoms with van der Waals surface area (Å²) in [5.41, 5.74) is 6.57. The number of aliphatic hydroxyl groups excluding tert-OH is 2. The van der Waals surface area contributed by atoms with E-state index in [1.165, 1.54) is 0 Å². The van der Waals surface area contributed by atoms with E-state index in [1.54, 1.807) is 22.7 Å². The van der Waals surface area contributed by atoms with Crippen LogP contribution in [0, 0.1) is 0 Å². The zero-order valence-electron chi connectivity index (χ0n) is 10.9. The monoisotopic (exact) mass is 299 g/mol. The summed E-state index contributed by atoms with van der Waals surface area (Å²) in [6, 6.07) is 0. The number of hydrogen-bond acceptors (Lipinski definition) is 8. The van der Waals surface area contributed by atoms with Gasteiger partial charge in [-0.25, -0.2) is 9.98 Å². The number of nitrogens with two attached hydrogens (primary N) is 1. The van der Waals surface area contributed by atoms with Crippen molar-refractivity contribution in [3.8, 4) is 0 Å². The summed E-state index contributed by atoms with van der Waals surface area (Å²) in [6.07, 6.45) is 2.35. The average molecular weight is 299 g/mol. The Kier molecular flexibility index (Phi) is 3.59. The molecule has 1 aromatic rings. The van der Waals surface area contributed by atoms with E-state index >= 15 is 0 Å². The molecule has 1 aromatic heterocycles. The number of imidazole rings is 1. The molecule has 8 nitrogen and oxygen atoms in total. The highest BCUT2D eigenvalue weighted by Gasteiger charge is 2.37. The molecule has 110 valence electrons. The van der Waals surface area contributed by atoms with Gasteiger partial charge in [0, 0.05) is 6.42 Å². The second kappa shape index (κ2) is 5.24. The van der Waals surface area contributed by atoms with Crippen LogP contribution in [0.1, 0.15) is 23.7 Å². The first kappa shape index (κ1) is 13.7. The predicted molar refractivity (Wildman–Crippen MR) is 75.3 cm³/mol. The molecule has 0 saturated carbocycles. The van der Waals surface area contributed by atoms with Gasteiger partial charge in [-0.2, -0.15) is 0 Å². The van der Waals surface area contributed by atoms with E-state index in [-0.39, 0.29) is 18.2 Å². The second-order valence-electron chi connectivity index (χ2n) is 4.73. The lowest BCUT2D eigenvalue weighted by Gasteiger charge is -2.22. The fourth-order valence-corrected chi connectivity index (χ4v) is 3.07. The predicted octanol–water partition coefficient (Wildman–Crippen LogP) is -0.374. The van der Waals surface area contributed by atoms with Crippen LogP contribution in [0.25, 0.3) is 0 Å². The van der Waals surface area contributed by atoms with Crippen LogP contribution in [0.15, 0.2) is 11.3 Å². The lowest BCUT2D eigenvalue weighted by molar-refractivity contribution is -0.0437. The molecule has 0 spiro atoms. The minimum atomic E-state index is -0.686. The molecule has 0 aromatic carbocycles. The van der Waals surface area contributed by atoms with Crippen molar-refractivity contribution < 1.29 is 14.9 Å². The molecule has 0 amide bonds. The standard InChI is InChI=1S/C11H17N5O3S/c1-20-10-8-9(14-11(12)15-10)16(4-13-8)7-2-5(18)6(3-17)19-7/h4-7,10,17-18H,2-3H2,1H3,(H3,12,14,15)/t5-,6+,7+,10?/m0/s1. The van der Waals surface area contributed by atoms with Gasteiger partial charge in [0.2, 0.25) is 0 Å². The van der Waals surface area contributed by atoms with Gasteiger partial charge in [-0.1, -0.05) is 0 Å². The van der Waals surface area contributed by atoms with Crippen molar-refractivity contribution in [2.75, 3.05) is 18.2 Å². The van der Waals surface area contributed by atoms with E-state index in [4.69, 9.17) is 15.6 Å². The molecule has 1 fully saturated rings. The van der Waals surface area contributed by atoms with Crippen molar-refractivity contribution in [2.24, 2.45) is 10.7 Å². The third kappa shape index (κ3) is 2.16. The van der Waals surface area contributed by atoms with Crippen molar-refractivity contribution in [1.82, 2.24) is 9.55 Å². The number of nitrogens with zero attached hydrogens (tertiary/aromatic N) is 3. The molecule has 2 aliphatic heterocycles. The molecule has 5 N–H and O–H groups in total. The molecule has 3 rings (SSSR count). The Balaban J connectivity index is 1.89. The van der Waals surface area contributed by atoms with E-state index in [1.807, 2.05) is 6.26 Å². The van der Waals surface area contributed by atoms with Crippen LogP contribution in [-0.4, -0.2) is 50.8 Å². The van der Waals surface area contributed by atoms with Gasteiger partial charge in [0.15, 0.2) is 5.96 Å². The van der Waals surface area contributed by atoms with Crippen molar-refractivity contribution in [3.63, 3.8) is 0 Å². The largest absolute Gasteiger partial charge is 0.394 e. The van der Waals surface area contributed by atoms with Crippen molar-refractivity contribution >= 4 is 23.5 Å². The van der Waals surface area contributed by atoms with Crippen LogP contribution in [0.3, 0.4) is 0 Å². The Hall–Kier alpha value is -1.29. The van der Waals surface area contributed by atoms with E-state index in [0.29, 0.717) is 12.4 Å². The zero-order valence-corrected chi connectivity index (χ0v) is 11.7. The third-order valence-corrected chi connectivity index (χ3v) is 4.25. The highest BCUT2D eigenvalue weighted by molar-refractivity contribution is 7.98. The molecule has 0 radical (unpaired) electrons. The van der Waals surface area contributed by atoms with E-state index in [2.05, 4.69) is 15.3 Å². The number of nitrogens with one attached hydrogen (secondary N) is 1. The summed E-state index contributed by atoms with van der Waals surface area (Å²) in [5.74, 6) is 1.06. The number of aliphatic hydroxyl groups is 2. The van der Waals surface area contributed by atoms with E-state index in [0.717, 1.165) is 11.5 Å². The van der Waals surface area contributed by atoms with Gasteiger partial charge in [0.05, 0.1) is 19.0 Å². The number of ether oxygens (including phenoxy) is 1. The third-order valence-electron chi connectivity index (χ3n) is 3.48. The Bertz CT molecular complexity index is 534. The summed E-state index contributed by atoms with van der Waals surface area (Å²) in [5, 5.41) is 21.8. The molecule has 3 heterocycles. The van der Waals surface area contributed by atoms with Gasteiger partial charge in [-0.3, -0.25) is 4.57 Å². The van der Waals surface area contributed by atoms with Crippen LogP contribution in [-0.2, 0) is 4.74 Å². The van der Waals surface area contributed by atoms with Gasteiger partial charge in [-0.15, -0.1) is 11.8 Å². The lowest BCUT2D eigenvalue weighted by atomic mass is 10.2. The molecule has 4 atom stereocenters. The van der Waals surface area contributed by atoms with Gasteiger partial charge in [0.1, 0.15) is 29.2 Å². The average Bonchev–Trinajstić information content (AvgIpc) is 3.00. The topological polar surface area (TPSA) is 118 Å². The number of hydrogen-bond donors (Lipinski definition) is 4. The summed E-state index contributed by atoms with van der Waals surface area (Å²) < 4.78 is 7.42. The van der Waals surface area contributed by atoms with E-state index in [9.17, 15) is 5.11 Å². The van der Waals surface area contributed by atoms with Crippen molar-refractivity contribution in [3.05, 3.63) is 12.0 Å². The lowest BCUT2D eigenvalue weighted by Crippen LogP contribution is -2.29. The Labute approximate surface area is 120 Å². The van der Waals surface area contributed by atoms with Crippen molar-refractivity contribution in [2.45, 2.75) is 30.2 Å². The highest BCUT2D eigenvalue weighted by atomic mass is 32.2. The Morgan fingerprint density at radius 2 is 2.45 bits per heavy atom. The number of rotatable bonds is 3. The molecule has 0 aliphatic carbocycles. The maximum Gasteiger partial charge on any atom is 0.195 e. The van der Waals surface area contributed by atoms with Gasteiger partial charge in [-0.05, 0) is 6.26 Å². The van der Waals surface area contributed by atoms with Gasteiger partial charge >= 0.3 is 0 Å². The summed E-state index contributed by atoms with van der Waals surface area (Å²) in [4.78, 5) is 8.63. The molecule has 1 unspecified atom stereocenters. The fraction of sp³-hybridized carbons (Fsp3) is 0.636. The van der Waals surface area contributed by atoms with Crippen LogP contribution in [0.5, 0.6) is 0 Å². The zero-order chi connectivity index (χ0) is 14.3. The first-order valence-electron chi connectivity index (χ1n) is 6.28. The highest BCUT2D eigenvalue weighted by Crippen LogP contribution is 2.39. The number of aliphatic imine (C=N–C) groups is 1. The maximum atomic E-state index is 9.82. The molecular formula is C11H17N5O3S. The van der Waals surface area contributed by atoms with Crippen molar-refractivity contribution in [1.29, 1.82) is 0 Å². The molecule has 0 bridgehead atoms. The molecule has 9 heteroatoms.